The van der Waals surface area contributed by atoms with E-state index in [0.29, 0.717) is 16.7 Å². The van der Waals surface area contributed by atoms with Crippen molar-refractivity contribution >= 4 is 28.3 Å². The second kappa shape index (κ2) is 10.1. The number of likely N-dealkylation sites (tertiary alicyclic amines) is 1. The fourth-order valence-corrected chi connectivity index (χ4v) is 6.71. The molecule has 5 heterocycles. The first-order valence-electron chi connectivity index (χ1n) is 13.7. The van der Waals surface area contributed by atoms with Gasteiger partial charge in [-0.05, 0) is 75.0 Å². The van der Waals surface area contributed by atoms with Crippen LogP contribution in [-0.2, 0) is 13.0 Å². The molecule has 1 saturated heterocycles. The summed E-state index contributed by atoms with van der Waals surface area (Å²) in [6.07, 6.45) is 8.10. The zero-order valence-electron chi connectivity index (χ0n) is 21.9. The fraction of sp³-hybridized carbons (Fsp3) is 0.333. The summed E-state index contributed by atoms with van der Waals surface area (Å²) in [6, 6.07) is 16.2. The minimum atomic E-state index is -0.486. The average Bonchev–Trinajstić information content (AvgIpc) is 3.76. The highest BCUT2D eigenvalue weighted by Gasteiger charge is 2.29. The van der Waals surface area contributed by atoms with Crippen molar-refractivity contribution in [1.82, 2.24) is 34.7 Å². The van der Waals surface area contributed by atoms with Crippen LogP contribution in [0.5, 0.6) is 0 Å². The van der Waals surface area contributed by atoms with Crippen LogP contribution in [-0.4, -0.2) is 55.4 Å². The van der Waals surface area contributed by atoms with Gasteiger partial charge in [0.15, 0.2) is 5.01 Å². The SMILES string of the molecule is CN1CCC(c2ccc(-c3cnc(C(=O)NC(c4nc5ccccc5[nH]4)c4ncn5c4CCC5)s3)cc2)CC1. The highest BCUT2D eigenvalue weighted by Crippen LogP contribution is 2.32. The van der Waals surface area contributed by atoms with E-state index in [1.54, 1.807) is 6.20 Å². The van der Waals surface area contributed by atoms with Crippen molar-refractivity contribution < 1.29 is 4.79 Å². The molecule has 198 valence electrons. The molecule has 1 atom stereocenters. The van der Waals surface area contributed by atoms with Gasteiger partial charge in [-0.1, -0.05) is 36.4 Å². The number of nitrogens with zero attached hydrogens (tertiary/aromatic N) is 5. The molecule has 8 nitrogen and oxygen atoms in total. The predicted octanol–water partition coefficient (Wildman–Crippen LogP) is 5.16. The van der Waals surface area contributed by atoms with Gasteiger partial charge in [-0.15, -0.1) is 11.3 Å². The number of H-pyrrole nitrogens is 1. The Bertz CT molecular complexity index is 1590. The molecule has 0 radical (unpaired) electrons. The number of hydrogen-bond donors (Lipinski definition) is 2. The Kier molecular flexibility index (Phi) is 6.25. The lowest BCUT2D eigenvalue weighted by molar-refractivity contribution is 0.0940. The number of aryl methyl sites for hydroxylation is 1. The van der Waals surface area contributed by atoms with E-state index in [1.165, 1.54) is 29.7 Å². The van der Waals surface area contributed by atoms with Crippen LogP contribution in [0.3, 0.4) is 0 Å². The Hall–Kier alpha value is -3.82. The second-order valence-corrected chi connectivity index (χ2v) is 11.7. The van der Waals surface area contributed by atoms with Crippen molar-refractivity contribution in [1.29, 1.82) is 0 Å². The van der Waals surface area contributed by atoms with Gasteiger partial charge in [0.2, 0.25) is 0 Å². The largest absolute Gasteiger partial charge is 0.340 e. The van der Waals surface area contributed by atoms with Gasteiger partial charge in [-0.3, -0.25) is 4.79 Å². The third-order valence-electron chi connectivity index (χ3n) is 8.11. The topological polar surface area (TPSA) is 91.7 Å². The summed E-state index contributed by atoms with van der Waals surface area (Å²) in [7, 11) is 2.19. The van der Waals surface area contributed by atoms with E-state index in [1.807, 2.05) is 30.6 Å². The number of rotatable bonds is 6. The van der Waals surface area contributed by atoms with Gasteiger partial charge in [0.25, 0.3) is 5.91 Å². The molecule has 1 fully saturated rings. The Morgan fingerprint density at radius 3 is 2.72 bits per heavy atom. The van der Waals surface area contributed by atoms with Gasteiger partial charge in [-0.25, -0.2) is 15.0 Å². The third-order valence-corrected chi connectivity index (χ3v) is 9.15. The van der Waals surface area contributed by atoms with E-state index in [4.69, 9.17) is 9.97 Å². The number of piperidine rings is 1. The van der Waals surface area contributed by atoms with E-state index in [0.717, 1.165) is 65.3 Å². The number of nitrogens with one attached hydrogen (secondary N) is 2. The number of amides is 1. The van der Waals surface area contributed by atoms with E-state index < -0.39 is 6.04 Å². The average molecular weight is 538 g/mol. The molecule has 1 amide bonds. The minimum Gasteiger partial charge on any atom is -0.340 e. The van der Waals surface area contributed by atoms with E-state index in [9.17, 15) is 4.79 Å². The highest BCUT2D eigenvalue weighted by molar-refractivity contribution is 7.17. The Labute approximate surface area is 231 Å². The Morgan fingerprint density at radius 1 is 1.08 bits per heavy atom. The molecule has 5 aromatic rings. The van der Waals surface area contributed by atoms with Gasteiger partial charge < -0.3 is 19.8 Å². The molecule has 39 heavy (non-hydrogen) atoms. The monoisotopic (exact) mass is 537 g/mol. The Balaban J connectivity index is 1.13. The molecule has 0 saturated carbocycles. The maximum atomic E-state index is 13.5. The number of aromatic amines is 1. The standard InChI is InChI=1S/C30H31N7OS/c1-36-15-12-20(13-16-36)19-8-10-21(11-9-19)25-17-31-30(39-25)29(38)35-27(26-24-7-4-14-37(24)18-32-26)28-33-22-5-2-3-6-23(22)34-28/h2-3,5-6,8-11,17-18,20,27H,4,7,12-16H2,1H3,(H,33,34)(H,35,38). The maximum Gasteiger partial charge on any atom is 0.281 e. The number of aromatic nitrogens is 5. The molecule has 0 spiro atoms. The van der Waals surface area contributed by atoms with Crippen molar-refractivity contribution in [3.05, 3.63) is 88.8 Å². The number of benzene rings is 2. The van der Waals surface area contributed by atoms with Crippen LogP contribution < -0.4 is 5.32 Å². The summed E-state index contributed by atoms with van der Waals surface area (Å²) in [5.74, 6) is 1.08. The number of carbonyl (C=O) groups is 1. The lowest BCUT2D eigenvalue weighted by Crippen LogP contribution is -2.31. The van der Waals surface area contributed by atoms with Gasteiger partial charge in [0, 0.05) is 18.4 Å². The molecule has 7 rings (SSSR count). The zero-order valence-corrected chi connectivity index (χ0v) is 22.7. The number of carbonyl (C=O) groups excluding carboxylic acids is 1. The van der Waals surface area contributed by atoms with Crippen LogP contribution in [0.15, 0.2) is 61.1 Å². The van der Waals surface area contributed by atoms with Crippen molar-refractivity contribution in [2.45, 2.75) is 44.2 Å². The highest BCUT2D eigenvalue weighted by atomic mass is 32.1. The lowest BCUT2D eigenvalue weighted by Gasteiger charge is -2.29. The normalized spacial score (nSPS) is 16.9. The van der Waals surface area contributed by atoms with Gasteiger partial charge in [0.1, 0.15) is 11.9 Å². The van der Waals surface area contributed by atoms with E-state index in [-0.39, 0.29) is 5.91 Å². The lowest BCUT2D eigenvalue weighted by atomic mass is 9.89. The first-order chi connectivity index (χ1) is 19.1. The van der Waals surface area contributed by atoms with Crippen molar-refractivity contribution in [3.63, 3.8) is 0 Å². The number of para-hydroxylation sites is 2. The minimum absolute atomic E-state index is 0.223. The summed E-state index contributed by atoms with van der Waals surface area (Å²) >= 11 is 1.41. The van der Waals surface area contributed by atoms with Crippen LogP contribution in [0.1, 0.15) is 63.8 Å². The molecule has 0 aliphatic carbocycles. The maximum absolute atomic E-state index is 13.5. The summed E-state index contributed by atoms with van der Waals surface area (Å²) in [6.45, 7) is 3.25. The quantitative estimate of drug-likeness (QED) is 0.312. The number of imidazole rings is 2. The first kappa shape index (κ1) is 24.2. The molecule has 0 bridgehead atoms. The first-order valence-corrected chi connectivity index (χ1v) is 14.5. The van der Waals surface area contributed by atoms with Crippen LogP contribution in [0.2, 0.25) is 0 Å². The van der Waals surface area contributed by atoms with Gasteiger partial charge in [-0.2, -0.15) is 0 Å². The summed E-state index contributed by atoms with van der Waals surface area (Å²) in [5, 5.41) is 3.63. The summed E-state index contributed by atoms with van der Waals surface area (Å²) < 4.78 is 2.17. The van der Waals surface area contributed by atoms with Crippen molar-refractivity contribution in [3.8, 4) is 10.4 Å². The molecule has 2 aliphatic heterocycles. The molecule has 2 N–H and O–H groups in total. The van der Waals surface area contributed by atoms with Crippen LogP contribution >= 0.6 is 11.3 Å². The third kappa shape index (κ3) is 4.66. The molecule has 1 unspecified atom stereocenters. The van der Waals surface area contributed by atoms with E-state index >= 15 is 0 Å². The smallest absolute Gasteiger partial charge is 0.281 e. The van der Waals surface area contributed by atoms with Gasteiger partial charge in [0.05, 0.1) is 27.9 Å². The van der Waals surface area contributed by atoms with Crippen LogP contribution in [0.25, 0.3) is 21.5 Å². The molecule has 3 aromatic heterocycles. The van der Waals surface area contributed by atoms with Crippen molar-refractivity contribution in [2.75, 3.05) is 20.1 Å². The van der Waals surface area contributed by atoms with E-state index in [2.05, 4.69) is 56.1 Å². The Morgan fingerprint density at radius 2 is 1.90 bits per heavy atom. The summed E-state index contributed by atoms with van der Waals surface area (Å²) in [4.78, 5) is 34.3. The second-order valence-electron chi connectivity index (χ2n) is 10.6. The zero-order chi connectivity index (χ0) is 26.3. The summed E-state index contributed by atoms with van der Waals surface area (Å²) in [5.41, 5.74) is 6.29. The van der Waals surface area contributed by atoms with Crippen LogP contribution in [0, 0.1) is 0 Å². The number of thiazole rings is 1. The number of hydrogen-bond acceptors (Lipinski definition) is 6. The molecule has 2 aromatic carbocycles. The van der Waals surface area contributed by atoms with Crippen LogP contribution in [0.4, 0.5) is 0 Å². The molecular formula is C30H31N7OS. The molecule has 2 aliphatic rings. The fourth-order valence-electron chi connectivity index (χ4n) is 5.89. The number of fused-ring (bicyclic) bond motifs is 2. The molecular weight excluding hydrogens is 506 g/mol. The van der Waals surface area contributed by atoms with Crippen molar-refractivity contribution in [2.24, 2.45) is 0 Å². The van der Waals surface area contributed by atoms with Gasteiger partial charge >= 0.3 is 0 Å². The predicted molar refractivity (Wildman–Crippen MR) is 153 cm³/mol. The molecule has 9 heteroatoms.